The maximum absolute atomic E-state index is 12.1. The van der Waals surface area contributed by atoms with Gasteiger partial charge >= 0.3 is 0 Å². The first kappa shape index (κ1) is 15.4. The number of morpholine rings is 1. The fraction of sp³-hybridized carbons (Fsp3) is 0.500. The normalized spacial score (nSPS) is 18.6. The summed E-state index contributed by atoms with van der Waals surface area (Å²) in [4.78, 5) is 13.7. The largest absolute Gasteiger partial charge is 0.493 e. The number of hydrogen-bond acceptors (Lipinski definition) is 6. The molecule has 1 aliphatic rings. The van der Waals surface area contributed by atoms with E-state index in [0.29, 0.717) is 36.0 Å². The standard InChI is InChI=1S/C14H20N2O5/c1-18-11-4-9(5-12(19-2)14(11)20-3)16-7-10(6-15)21-8-13(16)17/h4-5,10H,6-8,15H2,1-3H3. The maximum atomic E-state index is 12.1. The van der Waals surface area contributed by atoms with Crippen molar-refractivity contribution in [1.82, 2.24) is 0 Å². The zero-order valence-electron chi connectivity index (χ0n) is 12.4. The van der Waals surface area contributed by atoms with E-state index in [1.807, 2.05) is 0 Å². The van der Waals surface area contributed by atoms with Crippen molar-refractivity contribution in [2.45, 2.75) is 6.10 Å². The van der Waals surface area contributed by atoms with Crippen LogP contribution in [0.4, 0.5) is 5.69 Å². The third-order valence-corrected chi connectivity index (χ3v) is 3.35. The lowest BCUT2D eigenvalue weighted by Crippen LogP contribution is -2.49. The second-order valence-electron chi connectivity index (χ2n) is 4.56. The highest BCUT2D eigenvalue weighted by Crippen LogP contribution is 2.41. The summed E-state index contributed by atoms with van der Waals surface area (Å²) in [5.74, 6) is 1.35. The summed E-state index contributed by atoms with van der Waals surface area (Å²) in [7, 11) is 4.60. The van der Waals surface area contributed by atoms with Gasteiger partial charge in [0.25, 0.3) is 5.91 Å². The van der Waals surface area contributed by atoms with Crippen LogP contribution in [0, 0.1) is 0 Å². The van der Waals surface area contributed by atoms with E-state index in [4.69, 9.17) is 24.7 Å². The van der Waals surface area contributed by atoms with Gasteiger partial charge in [0.1, 0.15) is 6.61 Å². The highest BCUT2D eigenvalue weighted by Gasteiger charge is 2.28. The van der Waals surface area contributed by atoms with Crippen LogP contribution in [0.2, 0.25) is 0 Å². The van der Waals surface area contributed by atoms with E-state index in [0.717, 1.165) is 0 Å². The molecule has 0 radical (unpaired) electrons. The van der Waals surface area contributed by atoms with Gasteiger partial charge in [0.15, 0.2) is 11.5 Å². The van der Waals surface area contributed by atoms with Gasteiger partial charge in [-0.2, -0.15) is 0 Å². The molecule has 1 amide bonds. The van der Waals surface area contributed by atoms with Gasteiger partial charge < -0.3 is 29.6 Å². The number of amides is 1. The van der Waals surface area contributed by atoms with Crippen LogP contribution in [0.25, 0.3) is 0 Å². The van der Waals surface area contributed by atoms with Crippen LogP contribution in [0.3, 0.4) is 0 Å². The van der Waals surface area contributed by atoms with Crippen LogP contribution in [-0.4, -0.2) is 53.0 Å². The molecule has 2 N–H and O–H groups in total. The molecule has 116 valence electrons. The molecule has 1 aliphatic heterocycles. The third kappa shape index (κ3) is 3.03. The number of methoxy groups -OCH3 is 3. The minimum Gasteiger partial charge on any atom is -0.493 e. The molecule has 1 saturated heterocycles. The molecule has 0 aromatic heterocycles. The first-order valence-electron chi connectivity index (χ1n) is 6.56. The van der Waals surface area contributed by atoms with Crippen molar-refractivity contribution in [2.75, 3.05) is 45.9 Å². The molecule has 7 nitrogen and oxygen atoms in total. The molecule has 2 rings (SSSR count). The van der Waals surface area contributed by atoms with Gasteiger partial charge in [0.05, 0.1) is 39.7 Å². The van der Waals surface area contributed by atoms with Crippen LogP contribution >= 0.6 is 0 Å². The first-order chi connectivity index (χ1) is 10.1. The minimum atomic E-state index is -0.179. The topological polar surface area (TPSA) is 83.2 Å². The number of nitrogens with zero attached hydrogens (tertiary/aromatic N) is 1. The number of carbonyl (C=O) groups is 1. The van der Waals surface area contributed by atoms with Gasteiger partial charge in [-0.15, -0.1) is 0 Å². The Kier molecular flexibility index (Phi) is 4.87. The number of ether oxygens (including phenoxy) is 4. The minimum absolute atomic E-state index is 0.0124. The Morgan fingerprint density at radius 1 is 1.24 bits per heavy atom. The number of anilines is 1. The zero-order valence-corrected chi connectivity index (χ0v) is 12.4. The average Bonchev–Trinajstić information content (AvgIpc) is 2.53. The molecule has 0 saturated carbocycles. The summed E-state index contributed by atoms with van der Waals surface area (Å²) in [5.41, 5.74) is 6.28. The van der Waals surface area contributed by atoms with E-state index < -0.39 is 0 Å². The number of hydrogen-bond donors (Lipinski definition) is 1. The Balaban J connectivity index is 2.40. The van der Waals surface area contributed by atoms with Crippen LogP contribution in [0.1, 0.15) is 0 Å². The van der Waals surface area contributed by atoms with Crippen LogP contribution in [-0.2, 0) is 9.53 Å². The molecule has 1 fully saturated rings. The first-order valence-corrected chi connectivity index (χ1v) is 6.56. The molecule has 7 heteroatoms. The summed E-state index contributed by atoms with van der Waals surface area (Å²) in [6.07, 6.45) is -0.179. The van der Waals surface area contributed by atoms with Crippen molar-refractivity contribution in [3.63, 3.8) is 0 Å². The highest BCUT2D eigenvalue weighted by atomic mass is 16.5. The van der Waals surface area contributed by atoms with Crippen molar-refractivity contribution >= 4 is 11.6 Å². The Morgan fingerprint density at radius 2 is 1.86 bits per heavy atom. The lowest BCUT2D eigenvalue weighted by Gasteiger charge is -2.32. The molecule has 1 unspecified atom stereocenters. The monoisotopic (exact) mass is 296 g/mol. The predicted octanol–water partition coefficient (Wildman–Crippen LogP) is 0.403. The van der Waals surface area contributed by atoms with E-state index in [1.54, 1.807) is 17.0 Å². The van der Waals surface area contributed by atoms with Crippen LogP contribution < -0.4 is 24.8 Å². The summed E-state index contributed by atoms with van der Waals surface area (Å²) in [5, 5.41) is 0. The molecular weight excluding hydrogens is 276 g/mol. The van der Waals surface area contributed by atoms with E-state index in [2.05, 4.69) is 0 Å². The molecule has 0 bridgehead atoms. The van der Waals surface area contributed by atoms with Crippen molar-refractivity contribution in [3.8, 4) is 17.2 Å². The molecule has 0 aliphatic carbocycles. The molecular formula is C14H20N2O5. The maximum Gasteiger partial charge on any atom is 0.253 e. The lowest BCUT2D eigenvalue weighted by molar-refractivity contribution is -0.128. The van der Waals surface area contributed by atoms with Gasteiger partial charge in [-0.3, -0.25) is 4.79 Å². The van der Waals surface area contributed by atoms with Crippen LogP contribution in [0.5, 0.6) is 17.2 Å². The van der Waals surface area contributed by atoms with Crippen molar-refractivity contribution < 1.29 is 23.7 Å². The van der Waals surface area contributed by atoms with Crippen molar-refractivity contribution in [1.29, 1.82) is 0 Å². The van der Waals surface area contributed by atoms with Crippen LogP contribution in [0.15, 0.2) is 12.1 Å². The number of benzene rings is 1. The van der Waals surface area contributed by atoms with Gasteiger partial charge in [-0.1, -0.05) is 0 Å². The summed E-state index contributed by atoms with van der Waals surface area (Å²) >= 11 is 0. The number of rotatable bonds is 5. The van der Waals surface area contributed by atoms with Gasteiger partial charge in [-0.05, 0) is 0 Å². The molecule has 21 heavy (non-hydrogen) atoms. The quantitative estimate of drug-likeness (QED) is 0.847. The molecule has 1 atom stereocenters. The summed E-state index contributed by atoms with van der Waals surface area (Å²) in [6, 6.07) is 3.47. The van der Waals surface area contributed by atoms with E-state index in [1.165, 1.54) is 21.3 Å². The number of carbonyl (C=O) groups excluding carboxylic acids is 1. The Bertz CT molecular complexity index is 495. The number of nitrogens with two attached hydrogens (primary N) is 1. The van der Waals surface area contributed by atoms with E-state index in [-0.39, 0.29) is 18.6 Å². The molecule has 1 heterocycles. The fourth-order valence-electron chi connectivity index (χ4n) is 2.24. The Hall–Kier alpha value is -1.99. The Morgan fingerprint density at radius 3 is 2.33 bits per heavy atom. The van der Waals surface area contributed by atoms with Gasteiger partial charge in [0.2, 0.25) is 5.75 Å². The summed E-state index contributed by atoms with van der Waals surface area (Å²) < 4.78 is 21.2. The zero-order chi connectivity index (χ0) is 15.4. The Labute approximate surface area is 123 Å². The second kappa shape index (κ2) is 6.64. The second-order valence-corrected chi connectivity index (χ2v) is 4.56. The highest BCUT2D eigenvalue weighted by molar-refractivity contribution is 5.95. The predicted molar refractivity (Wildman–Crippen MR) is 77.2 cm³/mol. The molecule has 1 aromatic carbocycles. The van der Waals surface area contributed by atoms with Crippen molar-refractivity contribution in [3.05, 3.63) is 12.1 Å². The summed E-state index contributed by atoms with van der Waals surface area (Å²) in [6.45, 7) is 0.765. The van der Waals surface area contributed by atoms with Gasteiger partial charge in [0, 0.05) is 18.7 Å². The lowest BCUT2D eigenvalue weighted by atomic mass is 10.2. The SMILES string of the molecule is COc1cc(N2CC(CN)OCC2=O)cc(OC)c1OC. The van der Waals surface area contributed by atoms with Crippen molar-refractivity contribution in [2.24, 2.45) is 5.73 Å². The third-order valence-electron chi connectivity index (χ3n) is 3.35. The fourth-order valence-corrected chi connectivity index (χ4v) is 2.24. The molecule has 0 spiro atoms. The van der Waals surface area contributed by atoms with E-state index >= 15 is 0 Å². The smallest absolute Gasteiger partial charge is 0.253 e. The van der Waals surface area contributed by atoms with E-state index in [9.17, 15) is 4.79 Å². The molecule has 1 aromatic rings. The van der Waals surface area contributed by atoms with Gasteiger partial charge in [-0.25, -0.2) is 0 Å². The average molecular weight is 296 g/mol.